The number of nitrogens with two attached hydrogens (primary N) is 1. The predicted octanol–water partition coefficient (Wildman–Crippen LogP) is 1.27. The number of sulfonamides is 1. The van der Waals surface area contributed by atoms with E-state index in [1.807, 2.05) is 0 Å². The van der Waals surface area contributed by atoms with Crippen LogP contribution < -0.4 is 10.5 Å². The zero-order chi connectivity index (χ0) is 15.6. The quantitative estimate of drug-likeness (QED) is 0.724. The Hall–Kier alpha value is -1.93. The minimum absolute atomic E-state index is 0.0333. The molecule has 21 heavy (non-hydrogen) atoms. The number of H-pyrrole nitrogens is 1. The van der Waals surface area contributed by atoms with E-state index in [4.69, 9.17) is 5.73 Å². The third-order valence-corrected chi connectivity index (χ3v) is 4.96. The van der Waals surface area contributed by atoms with Gasteiger partial charge in [0.25, 0.3) is 0 Å². The maximum Gasteiger partial charge on any atom is 0.241 e. The Balaban J connectivity index is 2.22. The number of imidazole rings is 1. The second-order valence-corrected chi connectivity index (χ2v) is 6.47. The number of halogens is 1. The van der Waals surface area contributed by atoms with E-state index in [1.54, 1.807) is 13.1 Å². The highest BCUT2D eigenvalue weighted by Crippen LogP contribution is 2.27. The number of rotatable bonds is 5. The molecule has 0 radical (unpaired) electrons. The van der Waals surface area contributed by atoms with Gasteiger partial charge in [0.2, 0.25) is 10.0 Å². The molecule has 0 bridgehead atoms. The van der Waals surface area contributed by atoms with Crippen molar-refractivity contribution in [3.05, 3.63) is 41.2 Å². The minimum Gasteiger partial charge on any atom is -0.396 e. The first-order valence-electron chi connectivity index (χ1n) is 6.35. The lowest BCUT2D eigenvalue weighted by atomic mass is 10.1. The monoisotopic (exact) mass is 312 g/mol. The second-order valence-electron chi connectivity index (χ2n) is 4.77. The van der Waals surface area contributed by atoms with Gasteiger partial charge in [-0.05, 0) is 31.0 Å². The molecule has 0 spiro atoms. The van der Waals surface area contributed by atoms with E-state index in [2.05, 4.69) is 14.7 Å². The lowest BCUT2D eigenvalue weighted by Crippen LogP contribution is -2.27. The fourth-order valence-corrected chi connectivity index (χ4v) is 3.67. The third-order valence-electron chi connectivity index (χ3n) is 3.21. The van der Waals surface area contributed by atoms with Gasteiger partial charge in [-0.25, -0.2) is 22.5 Å². The Labute approximate surface area is 122 Å². The van der Waals surface area contributed by atoms with Crippen LogP contribution in [0.4, 0.5) is 10.1 Å². The fraction of sp³-hybridized carbons (Fsp3) is 0.308. The molecule has 0 fully saturated rings. The molecular formula is C13H17FN4O2S. The van der Waals surface area contributed by atoms with Gasteiger partial charge in [-0.15, -0.1) is 0 Å². The highest BCUT2D eigenvalue weighted by molar-refractivity contribution is 7.89. The molecule has 2 aromatic rings. The summed E-state index contributed by atoms with van der Waals surface area (Å²) < 4.78 is 40.7. The van der Waals surface area contributed by atoms with Crippen molar-refractivity contribution in [1.29, 1.82) is 0 Å². The van der Waals surface area contributed by atoms with Gasteiger partial charge >= 0.3 is 0 Å². The first kappa shape index (κ1) is 15.5. The molecule has 0 saturated carbocycles. The Morgan fingerprint density at radius 1 is 1.43 bits per heavy atom. The summed E-state index contributed by atoms with van der Waals surface area (Å²) in [5.41, 5.74) is 6.80. The van der Waals surface area contributed by atoms with E-state index in [0.717, 1.165) is 11.8 Å². The first-order chi connectivity index (χ1) is 9.83. The van der Waals surface area contributed by atoms with Crippen molar-refractivity contribution in [3.63, 3.8) is 0 Å². The van der Waals surface area contributed by atoms with Gasteiger partial charge in [0.15, 0.2) is 0 Å². The summed E-state index contributed by atoms with van der Waals surface area (Å²) in [5.74, 6) is -0.610. The number of hydrogen-bond donors (Lipinski definition) is 3. The number of aryl methyl sites for hydroxylation is 1. The molecule has 6 nitrogen and oxygen atoms in total. The van der Waals surface area contributed by atoms with Crippen LogP contribution in [0.5, 0.6) is 0 Å². The van der Waals surface area contributed by atoms with Gasteiger partial charge < -0.3 is 10.7 Å². The molecular weight excluding hydrogens is 295 g/mol. The van der Waals surface area contributed by atoms with Crippen LogP contribution in [0, 0.1) is 19.7 Å². The van der Waals surface area contributed by atoms with Crippen LogP contribution in [-0.4, -0.2) is 24.9 Å². The maximum absolute atomic E-state index is 13.5. The number of nitrogens with one attached hydrogen (secondary N) is 2. The van der Waals surface area contributed by atoms with Crippen molar-refractivity contribution in [3.8, 4) is 0 Å². The Bertz CT molecular complexity index is 742. The smallest absolute Gasteiger partial charge is 0.241 e. The molecule has 1 aromatic heterocycles. The molecule has 114 valence electrons. The van der Waals surface area contributed by atoms with Crippen LogP contribution in [0.3, 0.4) is 0 Å². The van der Waals surface area contributed by atoms with E-state index >= 15 is 0 Å². The average molecular weight is 312 g/mol. The first-order valence-corrected chi connectivity index (χ1v) is 7.83. The van der Waals surface area contributed by atoms with Gasteiger partial charge in [0.1, 0.15) is 5.82 Å². The van der Waals surface area contributed by atoms with Crippen molar-refractivity contribution in [2.45, 2.75) is 25.2 Å². The van der Waals surface area contributed by atoms with E-state index in [-0.39, 0.29) is 22.7 Å². The molecule has 0 saturated heterocycles. The second kappa shape index (κ2) is 5.82. The normalized spacial score (nSPS) is 11.8. The zero-order valence-corrected chi connectivity index (χ0v) is 12.6. The van der Waals surface area contributed by atoms with Gasteiger partial charge in [0, 0.05) is 24.9 Å². The number of aromatic nitrogens is 2. The largest absolute Gasteiger partial charge is 0.396 e. The van der Waals surface area contributed by atoms with Crippen LogP contribution in [0.15, 0.2) is 23.5 Å². The van der Waals surface area contributed by atoms with Crippen LogP contribution in [0.1, 0.15) is 16.8 Å². The standard InChI is InChI=1S/C13H17FN4O2S/c1-8-5-11(14)12(15)9(2)13(8)21(19,20)18-4-3-10-6-16-7-17-10/h5-7,18H,3-4,15H2,1-2H3,(H,16,17). The maximum atomic E-state index is 13.5. The van der Waals surface area contributed by atoms with Crippen molar-refractivity contribution in [2.75, 3.05) is 12.3 Å². The van der Waals surface area contributed by atoms with Crippen molar-refractivity contribution < 1.29 is 12.8 Å². The molecule has 0 aliphatic carbocycles. The van der Waals surface area contributed by atoms with Crippen LogP contribution in [0.25, 0.3) is 0 Å². The summed E-state index contributed by atoms with van der Waals surface area (Å²) in [6.45, 7) is 3.24. The van der Waals surface area contributed by atoms with Gasteiger partial charge in [-0.3, -0.25) is 0 Å². The molecule has 0 aliphatic rings. The number of hydrogen-bond acceptors (Lipinski definition) is 4. The van der Waals surface area contributed by atoms with Gasteiger partial charge in [-0.1, -0.05) is 0 Å². The van der Waals surface area contributed by atoms with Crippen LogP contribution >= 0.6 is 0 Å². The van der Waals surface area contributed by atoms with Crippen molar-refractivity contribution in [1.82, 2.24) is 14.7 Å². The Morgan fingerprint density at radius 2 is 2.14 bits per heavy atom. The number of anilines is 1. The predicted molar refractivity (Wildman–Crippen MR) is 77.8 cm³/mol. The summed E-state index contributed by atoms with van der Waals surface area (Å²) in [6, 6.07) is 1.13. The number of benzene rings is 1. The minimum atomic E-state index is -3.75. The molecule has 0 unspecified atom stereocenters. The molecule has 0 aliphatic heterocycles. The zero-order valence-electron chi connectivity index (χ0n) is 11.8. The van der Waals surface area contributed by atoms with E-state index in [9.17, 15) is 12.8 Å². The summed E-state index contributed by atoms with van der Waals surface area (Å²) in [4.78, 5) is 6.77. The number of nitrogen functional groups attached to an aromatic ring is 1. The Kier molecular flexibility index (Phi) is 4.29. The molecule has 4 N–H and O–H groups in total. The summed E-state index contributed by atoms with van der Waals surface area (Å²) in [5, 5.41) is 0. The molecule has 1 aromatic carbocycles. The van der Waals surface area contributed by atoms with E-state index in [0.29, 0.717) is 12.0 Å². The third kappa shape index (κ3) is 3.22. The average Bonchev–Trinajstić information content (AvgIpc) is 2.88. The van der Waals surface area contributed by atoms with Crippen LogP contribution in [0.2, 0.25) is 0 Å². The Morgan fingerprint density at radius 3 is 2.76 bits per heavy atom. The van der Waals surface area contributed by atoms with Crippen LogP contribution in [-0.2, 0) is 16.4 Å². The molecule has 0 atom stereocenters. The van der Waals surface area contributed by atoms with Gasteiger partial charge in [0.05, 0.1) is 16.9 Å². The lowest BCUT2D eigenvalue weighted by molar-refractivity contribution is 0.579. The van der Waals surface area contributed by atoms with Gasteiger partial charge in [-0.2, -0.15) is 0 Å². The van der Waals surface area contributed by atoms with Crippen molar-refractivity contribution >= 4 is 15.7 Å². The number of nitrogens with zero attached hydrogens (tertiary/aromatic N) is 1. The van der Waals surface area contributed by atoms with Crippen molar-refractivity contribution in [2.24, 2.45) is 0 Å². The highest BCUT2D eigenvalue weighted by Gasteiger charge is 2.22. The molecule has 0 amide bonds. The van der Waals surface area contributed by atoms with E-state index in [1.165, 1.54) is 13.3 Å². The lowest BCUT2D eigenvalue weighted by Gasteiger charge is -2.14. The molecule has 2 rings (SSSR count). The number of aromatic amines is 1. The molecule has 1 heterocycles. The SMILES string of the molecule is Cc1cc(F)c(N)c(C)c1S(=O)(=O)NCCc1cnc[nH]1. The summed E-state index contributed by atoms with van der Waals surface area (Å²) >= 11 is 0. The molecule has 8 heteroatoms. The summed E-state index contributed by atoms with van der Waals surface area (Å²) in [7, 11) is -3.75. The fourth-order valence-electron chi connectivity index (χ4n) is 2.16. The highest BCUT2D eigenvalue weighted by atomic mass is 32.2. The van der Waals surface area contributed by atoms with E-state index < -0.39 is 15.8 Å². The topological polar surface area (TPSA) is 101 Å². The summed E-state index contributed by atoms with van der Waals surface area (Å²) in [6.07, 6.45) is 3.63.